The van der Waals surface area contributed by atoms with Gasteiger partial charge in [0, 0.05) is 18.6 Å². The highest BCUT2D eigenvalue weighted by Crippen LogP contribution is 2.36. The number of nitrogens with one attached hydrogen (secondary N) is 1. The van der Waals surface area contributed by atoms with Crippen LogP contribution in [0.2, 0.25) is 0 Å². The van der Waals surface area contributed by atoms with Crippen LogP contribution < -0.4 is 5.32 Å². The quantitative estimate of drug-likeness (QED) is 0.753. The van der Waals surface area contributed by atoms with Gasteiger partial charge in [0.1, 0.15) is 6.04 Å². The molecule has 2 saturated carbocycles. The van der Waals surface area contributed by atoms with Crippen molar-refractivity contribution in [1.29, 1.82) is 0 Å². The molecule has 1 atom stereocenters. The van der Waals surface area contributed by atoms with Crippen molar-refractivity contribution in [3.63, 3.8) is 0 Å². The second-order valence-corrected chi connectivity index (χ2v) is 7.50. The van der Waals surface area contributed by atoms with Crippen LogP contribution in [0.15, 0.2) is 0 Å². The Bertz CT molecular complexity index is 329. The van der Waals surface area contributed by atoms with E-state index in [4.69, 9.17) is 0 Å². The van der Waals surface area contributed by atoms with E-state index < -0.39 is 5.97 Å². The smallest absolute Gasteiger partial charge is 0.320 e. The molecular formula is C16H30N2O2. The lowest BCUT2D eigenvalue weighted by Crippen LogP contribution is -2.43. The summed E-state index contributed by atoms with van der Waals surface area (Å²) in [4.78, 5) is 13.6. The highest BCUT2D eigenvalue weighted by molar-refractivity contribution is 5.73. The molecule has 116 valence electrons. The van der Waals surface area contributed by atoms with Gasteiger partial charge in [-0.1, -0.05) is 13.8 Å². The zero-order valence-electron chi connectivity index (χ0n) is 13.2. The van der Waals surface area contributed by atoms with Gasteiger partial charge in [-0.25, -0.2) is 0 Å². The average molecular weight is 282 g/mol. The molecule has 2 aliphatic rings. The molecule has 4 nitrogen and oxygen atoms in total. The fraction of sp³-hybridized carbons (Fsp3) is 0.938. The van der Waals surface area contributed by atoms with Gasteiger partial charge in [0.25, 0.3) is 0 Å². The van der Waals surface area contributed by atoms with Crippen LogP contribution in [-0.2, 0) is 4.79 Å². The average Bonchev–Trinajstić information content (AvgIpc) is 3.17. The van der Waals surface area contributed by atoms with Gasteiger partial charge >= 0.3 is 5.97 Å². The predicted molar refractivity (Wildman–Crippen MR) is 80.9 cm³/mol. The van der Waals surface area contributed by atoms with Crippen LogP contribution in [0, 0.1) is 5.41 Å². The highest BCUT2D eigenvalue weighted by Gasteiger charge is 2.31. The number of hydrogen-bond acceptors (Lipinski definition) is 3. The molecule has 1 unspecified atom stereocenters. The van der Waals surface area contributed by atoms with Crippen LogP contribution in [0.3, 0.4) is 0 Å². The molecule has 2 fully saturated rings. The standard InChI is InChI=1S/C16H30N2O2/c1-16(2)9-6-13(7-10-16)18(3)11-8-14(15(19)20)17-12-4-5-12/h12-14,17H,4-11H2,1-3H3,(H,19,20). The number of carboxylic acids is 1. The van der Waals surface area contributed by atoms with Gasteiger partial charge in [-0.15, -0.1) is 0 Å². The monoisotopic (exact) mass is 282 g/mol. The number of hydrogen-bond donors (Lipinski definition) is 2. The molecule has 0 saturated heterocycles. The van der Waals surface area contributed by atoms with Gasteiger partial charge in [-0.3, -0.25) is 4.79 Å². The van der Waals surface area contributed by atoms with Crippen molar-refractivity contribution < 1.29 is 9.90 Å². The van der Waals surface area contributed by atoms with Crippen molar-refractivity contribution in [2.45, 2.75) is 76.9 Å². The topological polar surface area (TPSA) is 52.6 Å². The Morgan fingerprint density at radius 3 is 2.40 bits per heavy atom. The summed E-state index contributed by atoms with van der Waals surface area (Å²) in [5, 5.41) is 12.5. The molecule has 0 heterocycles. The molecule has 2 N–H and O–H groups in total. The molecule has 0 aromatic heterocycles. The van der Waals surface area contributed by atoms with Gasteiger partial charge in [0.05, 0.1) is 0 Å². The van der Waals surface area contributed by atoms with Crippen LogP contribution >= 0.6 is 0 Å². The van der Waals surface area contributed by atoms with Gasteiger partial charge in [-0.05, 0) is 57.4 Å². The number of rotatable bonds is 7. The van der Waals surface area contributed by atoms with Crippen molar-refractivity contribution >= 4 is 5.97 Å². The van der Waals surface area contributed by atoms with Crippen molar-refractivity contribution in [3.05, 3.63) is 0 Å². The molecule has 0 spiro atoms. The van der Waals surface area contributed by atoms with E-state index in [0.29, 0.717) is 23.9 Å². The van der Waals surface area contributed by atoms with Crippen LogP contribution in [0.5, 0.6) is 0 Å². The normalized spacial score (nSPS) is 24.8. The maximum Gasteiger partial charge on any atom is 0.320 e. The second-order valence-electron chi connectivity index (χ2n) is 7.50. The summed E-state index contributed by atoms with van der Waals surface area (Å²) in [7, 11) is 2.15. The number of aliphatic carboxylic acids is 1. The Hall–Kier alpha value is -0.610. The second kappa shape index (κ2) is 6.44. The molecule has 0 amide bonds. The third-order valence-corrected chi connectivity index (χ3v) is 5.01. The van der Waals surface area contributed by atoms with E-state index in [9.17, 15) is 9.90 Å². The molecule has 4 heteroatoms. The SMILES string of the molecule is CN(CCC(NC1CC1)C(=O)O)C1CCC(C)(C)CC1. The minimum atomic E-state index is -0.699. The Morgan fingerprint density at radius 2 is 1.90 bits per heavy atom. The van der Waals surface area contributed by atoms with E-state index in [1.807, 2.05) is 0 Å². The Labute approximate surface area is 122 Å². The van der Waals surface area contributed by atoms with Gasteiger partial charge in [0.15, 0.2) is 0 Å². The van der Waals surface area contributed by atoms with E-state index in [2.05, 4.69) is 31.1 Å². The Morgan fingerprint density at radius 1 is 1.30 bits per heavy atom. The van der Waals surface area contributed by atoms with E-state index in [1.165, 1.54) is 25.7 Å². The minimum absolute atomic E-state index is 0.370. The van der Waals surface area contributed by atoms with Crippen LogP contribution in [0.4, 0.5) is 0 Å². The van der Waals surface area contributed by atoms with E-state index in [0.717, 1.165) is 19.4 Å². The van der Waals surface area contributed by atoms with Crippen LogP contribution in [0.1, 0.15) is 58.8 Å². The summed E-state index contributed by atoms with van der Waals surface area (Å²) in [5.74, 6) is -0.699. The summed E-state index contributed by atoms with van der Waals surface area (Å²) in [6, 6.07) is 0.722. The molecule has 2 aliphatic carbocycles. The molecule has 0 bridgehead atoms. The fourth-order valence-corrected chi connectivity index (χ4v) is 3.15. The maximum absolute atomic E-state index is 11.3. The van der Waals surface area contributed by atoms with E-state index in [-0.39, 0.29) is 6.04 Å². The summed E-state index contributed by atoms with van der Waals surface area (Å²) in [6.07, 6.45) is 8.04. The maximum atomic E-state index is 11.3. The Kier molecular flexibility index (Phi) is 5.08. The zero-order chi connectivity index (χ0) is 14.8. The summed E-state index contributed by atoms with van der Waals surface area (Å²) < 4.78 is 0. The third-order valence-electron chi connectivity index (χ3n) is 5.01. The first-order chi connectivity index (χ1) is 9.37. The highest BCUT2D eigenvalue weighted by atomic mass is 16.4. The van der Waals surface area contributed by atoms with Crippen molar-refractivity contribution in [2.75, 3.05) is 13.6 Å². The molecular weight excluding hydrogens is 252 g/mol. The van der Waals surface area contributed by atoms with E-state index >= 15 is 0 Å². The van der Waals surface area contributed by atoms with Gasteiger partial charge in [0.2, 0.25) is 0 Å². The van der Waals surface area contributed by atoms with E-state index in [1.54, 1.807) is 0 Å². The van der Waals surface area contributed by atoms with Crippen molar-refractivity contribution in [1.82, 2.24) is 10.2 Å². The molecule has 0 aromatic rings. The largest absolute Gasteiger partial charge is 0.480 e. The fourth-order valence-electron chi connectivity index (χ4n) is 3.15. The van der Waals surface area contributed by atoms with Crippen LogP contribution in [-0.4, -0.2) is 47.7 Å². The van der Waals surface area contributed by atoms with Gasteiger partial charge < -0.3 is 15.3 Å². The lowest BCUT2D eigenvalue weighted by molar-refractivity contribution is -0.139. The predicted octanol–water partition coefficient (Wildman–Crippen LogP) is 2.48. The first-order valence-electron chi connectivity index (χ1n) is 8.06. The first kappa shape index (κ1) is 15.8. The van der Waals surface area contributed by atoms with Crippen molar-refractivity contribution in [2.24, 2.45) is 5.41 Å². The number of carbonyl (C=O) groups is 1. The Balaban J connectivity index is 1.73. The van der Waals surface area contributed by atoms with Crippen LogP contribution in [0.25, 0.3) is 0 Å². The van der Waals surface area contributed by atoms with Crippen molar-refractivity contribution in [3.8, 4) is 0 Å². The van der Waals surface area contributed by atoms with Gasteiger partial charge in [-0.2, -0.15) is 0 Å². The molecule has 0 aromatic carbocycles. The molecule has 20 heavy (non-hydrogen) atoms. The summed E-state index contributed by atoms with van der Waals surface area (Å²) >= 11 is 0. The zero-order valence-corrected chi connectivity index (χ0v) is 13.2. The molecule has 0 radical (unpaired) electrons. The lowest BCUT2D eigenvalue weighted by atomic mass is 9.75. The lowest BCUT2D eigenvalue weighted by Gasteiger charge is -2.39. The third kappa shape index (κ3) is 4.74. The number of nitrogens with zero attached hydrogens (tertiary/aromatic N) is 1. The summed E-state index contributed by atoms with van der Waals surface area (Å²) in [6.45, 7) is 5.58. The molecule has 2 rings (SSSR count). The molecule has 0 aliphatic heterocycles. The number of carboxylic acid groups (broad SMARTS) is 1. The summed E-state index contributed by atoms with van der Waals surface area (Å²) in [5.41, 5.74) is 0.495. The minimum Gasteiger partial charge on any atom is -0.480 e. The first-order valence-corrected chi connectivity index (χ1v) is 8.06.